The molecule has 0 saturated heterocycles. The topological polar surface area (TPSA) is 105 Å². The molecule has 0 bridgehead atoms. The Morgan fingerprint density at radius 1 is 0.963 bits per heavy atom. The largest absolute Gasteiger partial charge is 0.497 e. The summed E-state index contributed by atoms with van der Waals surface area (Å²) in [6.07, 6.45) is 1.02. The Kier molecular flexibility index (Phi) is 6.40. The standard InChI is InChI=1S/C18H21N3O5S/c1-13(22)19-14-4-8-16(9-5-14)21(27(3,24)25)12-18(23)20-15-6-10-17(26-2)11-7-15/h4-11H,12H2,1-3H3,(H,19,22)(H,20,23). The first kappa shape index (κ1) is 20.2. The molecule has 2 rings (SSSR count). The zero-order chi connectivity index (χ0) is 20.0. The van der Waals surface area contributed by atoms with Gasteiger partial charge < -0.3 is 15.4 Å². The van der Waals surface area contributed by atoms with Gasteiger partial charge in [-0.2, -0.15) is 0 Å². The number of rotatable bonds is 7. The van der Waals surface area contributed by atoms with Crippen LogP contribution in [0.3, 0.4) is 0 Å². The van der Waals surface area contributed by atoms with E-state index in [1.54, 1.807) is 36.4 Å². The van der Waals surface area contributed by atoms with Crippen LogP contribution < -0.4 is 19.7 Å². The van der Waals surface area contributed by atoms with Crippen molar-refractivity contribution in [2.45, 2.75) is 6.92 Å². The second-order valence-corrected chi connectivity index (χ2v) is 7.68. The molecular formula is C18H21N3O5S. The maximum absolute atomic E-state index is 12.3. The number of carbonyl (C=O) groups is 2. The van der Waals surface area contributed by atoms with Gasteiger partial charge in [-0.3, -0.25) is 13.9 Å². The van der Waals surface area contributed by atoms with Crippen LogP contribution in [-0.2, 0) is 19.6 Å². The third-order valence-electron chi connectivity index (χ3n) is 3.54. The maximum atomic E-state index is 12.3. The van der Waals surface area contributed by atoms with Crippen LogP contribution >= 0.6 is 0 Å². The van der Waals surface area contributed by atoms with Crippen molar-refractivity contribution in [2.24, 2.45) is 0 Å². The highest BCUT2D eigenvalue weighted by molar-refractivity contribution is 7.92. The number of nitrogens with one attached hydrogen (secondary N) is 2. The van der Waals surface area contributed by atoms with Gasteiger partial charge in [0.1, 0.15) is 12.3 Å². The lowest BCUT2D eigenvalue weighted by Gasteiger charge is -2.22. The highest BCUT2D eigenvalue weighted by Crippen LogP contribution is 2.21. The molecule has 0 aliphatic heterocycles. The van der Waals surface area contributed by atoms with Crippen LogP contribution in [0.5, 0.6) is 5.75 Å². The Morgan fingerprint density at radius 2 is 1.48 bits per heavy atom. The molecule has 0 heterocycles. The zero-order valence-electron chi connectivity index (χ0n) is 15.2. The van der Waals surface area contributed by atoms with Gasteiger partial charge in [-0.15, -0.1) is 0 Å². The van der Waals surface area contributed by atoms with Gasteiger partial charge in [0.05, 0.1) is 19.1 Å². The summed E-state index contributed by atoms with van der Waals surface area (Å²) >= 11 is 0. The summed E-state index contributed by atoms with van der Waals surface area (Å²) in [4.78, 5) is 23.4. The molecule has 0 unspecified atom stereocenters. The number of sulfonamides is 1. The van der Waals surface area contributed by atoms with Gasteiger partial charge in [-0.05, 0) is 48.5 Å². The van der Waals surface area contributed by atoms with Gasteiger partial charge in [-0.1, -0.05) is 0 Å². The van der Waals surface area contributed by atoms with Gasteiger partial charge in [-0.25, -0.2) is 8.42 Å². The molecular weight excluding hydrogens is 370 g/mol. The average Bonchev–Trinajstić information content (AvgIpc) is 2.60. The fraction of sp³-hybridized carbons (Fsp3) is 0.222. The van der Waals surface area contributed by atoms with E-state index in [-0.39, 0.29) is 12.5 Å². The molecule has 0 fully saturated rings. The summed E-state index contributed by atoms with van der Waals surface area (Å²) in [6.45, 7) is 0.991. The van der Waals surface area contributed by atoms with E-state index in [0.29, 0.717) is 22.8 Å². The van der Waals surface area contributed by atoms with Gasteiger partial charge in [0.15, 0.2) is 0 Å². The Morgan fingerprint density at radius 3 is 1.96 bits per heavy atom. The highest BCUT2D eigenvalue weighted by Gasteiger charge is 2.21. The van der Waals surface area contributed by atoms with E-state index in [1.807, 2.05) is 0 Å². The van der Waals surface area contributed by atoms with Crippen LogP contribution in [0.2, 0.25) is 0 Å². The van der Waals surface area contributed by atoms with Gasteiger partial charge in [0, 0.05) is 18.3 Å². The minimum absolute atomic E-state index is 0.235. The molecule has 0 aliphatic rings. The second-order valence-electron chi connectivity index (χ2n) is 5.77. The minimum Gasteiger partial charge on any atom is -0.497 e. The van der Waals surface area contributed by atoms with Crippen molar-refractivity contribution in [3.05, 3.63) is 48.5 Å². The van der Waals surface area contributed by atoms with E-state index in [2.05, 4.69) is 10.6 Å². The molecule has 0 aromatic heterocycles. The van der Waals surface area contributed by atoms with Crippen molar-refractivity contribution in [3.63, 3.8) is 0 Å². The molecule has 27 heavy (non-hydrogen) atoms. The van der Waals surface area contributed by atoms with Crippen LogP contribution in [0.15, 0.2) is 48.5 Å². The zero-order valence-corrected chi connectivity index (χ0v) is 16.0. The number of hydrogen-bond donors (Lipinski definition) is 2. The monoisotopic (exact) mass is 391 g/mol. The molecule has 8 nitrogen and oxygen atoms in total. The van der Waals surface area contributed by atoms with Crippen LogP contribution in [-0.4, -0.2) is 40.1 Å². The van der Waals surface area contributed by atoms with E-state index < -0.39 is 15.9 Å². The molecule has 0 saturated carbocycles. The smallest absolute Gasteiger partial charge is 0.245 e. The average molecular weight is 391 g/mol. The normalized spacial score (nSPS) is 10.8. The second kappa shape index (κ2) is 8.54. The molecule has 0 atom stereocenters. The van der Waals surface area contributed by atoms with Crippen molar-refractivity contribution < 1.29 is 22.7 Å². The van der Waals surface area contributed by atoms with Gasteiger partial charge >= 0.3 is 0 Å². The van der Waals surface area contributed by atoms with E-state index in [0.717, 1.165) is 10.6 Å². The molecule has 144 valence electrons. The highest BCUT2D eigenvalue weighted by atomic mass is 32.2. The molecule has 0 spiro atoms. The van der Waals surface area contributed by atoms with Crippen molar-refractivity contribution >= 4 is 38.9 Å². The van der Waals surface area contributed by atoms with Gasteiger partial charge in [0.2, 0.25) is 21.8 Å². The third-order valence-corrected chi connectivity index (χ3v) is 4.68. The number of carbonyl (C=O) groups excluding carboxylic acids is 2. The summed E-state index contributed by atoms with van der Waals surface area (Å²) in [7, 11) is -2.15. The third kappa shape index (κ3) is 6.00. The first-order valence-electron chi connectivity index (χ1n) is 7.98. The summed E-state index contributed by atoms with van der Waals surface area (Å²) in [5, 5.41) is 5.24. The number of nitrogens with zero attached hydrogens (tertiary/aromatic N) is 1. The fourth-order valence-electron chi connectivity index (χ4n) is 2.32. The first-order valence-corrected chi connectivity index (χ1v) is 9.83. The number of ether oxygens (including phenoxy) is 1. The summed E-state index contributed by atoms with van der Waals surface area (Å²) in [6, 6.07) is 12.9. The Labute approximate surface area is 158 Å². The Bertz CT molecular complexity index is 909. The summed E-state index contributed by atoms with van der Waals surface area (Å²) in [5.74, 6) is -0.0804. The van der Waals surface area contributed by atoms with Crippen molar-refractivity contribution in [1.29, 1.82) is 0 Å². The van der Waals surface area contributed by atoms with Crippen LogP contribution in [0.25, 0.3) is 0 Å². The van der Waals surface area contributed by atoms with Crippen molar-refractivity contribution in [3.8, 4) is 5.75 Å². The van der Waals surface area contributed by atoms with Crippen LogP contribution in [0.1, 0.15) is 6.92 Å². The number of methoxy groups -OCH3 is 1. The predicted molar refractivity (Wildman–Crippen MR) is 105 cm³/mol. The van der Waals surface area contributed by atoms with Crippen molar-refractivity contribution in [1.82, 2.24) is 0 Å². The van der Waals surface area contributed by atoms with Crippen molar-refractivity contribution in [2.75, 3.05) is 34.8 Å². The van der Waals surface area contributed by atoms with Crippen LogP contribution in [0.4, 0.5) is 17.1 Å². The number of hydrogen-bond acceptors (Lipinski definition) is 5. The lowest BCUT2D eigenvalue weighted by atomic mass is 10.2. The number of anilines is 3. The quantitative estimate of drug-likeness (QED) is 0.752. The lowest BCUT2D eigenvalue weighted by molar-refractivity contribution is -0.115. The molecule has 2 aromatic carbocycles. The van der Waals surface area contributed by atoms with Crippen LogP contribution in [0, 0.1) is 0 Å². The number of amides is 2. The fourth-order valence-corrected chi connectivity index (χ4v) is 3.18. The van der Waals surface area contributed by atoms with E-state index >= 15 is 0 Å². The maximum Gasteiger partial charge on any atom is 0.245 e. The molecule has 2 amide bonds. The lowest BCUT2D eigenvalue weighted by Crippen LogP contribution is -2.37. The molecule has 9 heteroatoms. The first-order chi connectivity index (χ1) is 12.7. The summed E-state index contributed by atoms with van der Waals surface area (Å²) in [5.41, 5.74) is 1.37. The Balaban J connectivity index is 2.14. The number of benzene rings is 2. The minimum atomic E-state index is -3.69. The molecule has 2 aromatic rings. The molecule has 0 aliphatic carbocycles. The van der Waals surface area contributed by atoms with E-state index in [1.165, 1.54) is 26.2 Å². The Hall–Kier alpha value is -3.07. The van der Waals surface area contributed by atoms with Gasteiger partial charge in [0.25, 0.3) is 0 Å². The molecule has 0 radical (unpaired) electrons. The predicted octanol–water partition coefficient (Wildman–Crippen LogP) is 2.06. The summed E-state index contributed by atoms with van der Waals surface area (Å²) < 4.78 is 30.3. The molecule has 2 N–H and O–H groups in total. The van der Waals surface area contributed by atoms with E-state index in [4.69, 9.17) is 4.74 Å². The SMILES string of the molecule is COc1ccc(NC(=O)CN(c2ccc(NC(C)=O)cc2)S(C)(=O)=O)cc1. The van der Waals surface area contributed by atoms with E-state index in [9.17, 15) is 18.0 Å².